The van der Waals surface area contributed by atoms with E-state index in [0.717, 1.165) is 0 Å². The summed E-state index contributed by atoms with van der Waals surface area (Å²) in [4.78, 5) is 33.7. The smallest absolute Gasteiger partial charge is 0.310 e. The van der Waals surface area contributed by atoms with E-state index in [1.54, 1.807) is 18.2 Å². The number of primary amides is 1. The number of benzene rings is 2. The Balaban J connectivity index is 2.09. The van der Waals surface area contributed by atoms with Crippen LogP contribution in [0.15, 0.2) is 48.5 Å². The molecule has 0 aromatic heterocycles. The minimum atomic E-state index is -0.983. The van der Waals surface area contributed by atoms with Gasteiger partial charge in [-0.05, 0) is 31.2 Å². The molecular formula is C16H15N3O5. The Morgan fingerprint density at radius 3 is 2.58 bits per heavy atom. The van der Waals surface area contributed by atoms with E-state index in [-0.39, 0.29) is 17.0 Å². The van der Waals surface area contributed by atoms with Crippen LogP contribution in [0, 0.1) is 10.1 Å². The number of nitro groups is 1. The number of amides is 2. The number of nitro benzene ring substituents is 1. The van der Waals surface area contributed by atoms with Gasteiger partial charge in [-0.15, -0.1) is 0 Å². The fourth-order valence-electron chi connectivity index (χ4n) is 1.95. The van der Waals surface area contributed by atoms with E-state index in [9.17, 15) is 19.7 Å². The normalized spacial score (nSPS) is 11.4. The summed E-state index contributed by atoms with van der Waals surface area (Å²) >= 11 is 0. The lowest BCUT2D eigenvalue weighted by Crippen LogP contribution is -2.30. The van der Waals surface area contributed by atoms with Crippen molar-refractivity contribution in [2.45, 2.75) is 13.0 Å². The highest BCUT2D eigenvalue weighted by atomic mass is 16.6. The van der Waals surface area contributed by atoms with E-state index in [1.165, 1.54) is 37.3 Å². The van der Waals surface area contributed by atoms with Crippen LogP contribution in [0.2, 0.25) is 0 Å². The Morgan fingerprint density at radius 2 is 1.92 bits per heavy atom. The van der Waals surface area contributed by atoms with Gasteiger partial charge in [0.2, 0.25) is 5.91 Å². The van der Waals surface area contributed by atoms with Crippen LogP contribution >= 0.6 is 0 Å². The Kier molecular flexibility index (Phi) is 5.10. The van der Waals surface area contributed by atoms with E-state index in [4.69, 9.17) is 10.5 Å². The lowest BCUT2D eigenvalue weighted by molar-refractivity contribution is -0.386. The molecule has 0 spiro atoms. The number of para-hydroxylation sites is 2. The molecular weight excluding hydrogens is 314 g/mol. The summed E-state index contributed by atoms with van der Waals surface area (Å²) in [5.41, 5.74) is 5.57. The van der Waals surface area contributed by atoms with Crippen molar-refractivity contribution in [1.29, 1.82) is 0 Å². The molecule has 1 atom stereocenters. The Morgan fingerprint density at radius 1 is 1.21 bits per heavy atom. The van der Waals surface area contributed by atoms with Crippen LogP contribution in [0.5, 0.6) is 5.75 Å². The van der Waals surface area contributed by atoms with Crippen molar-refractivity contribution in [2.75, 3.05) is 5.32 Å². The number of hydrogen-bond acceptors (Lipinski definition) is 5. The highest BCUT2D eigenvalue weighted by molar-refractivity contribution is 5.97. The lowest BCUT2D eigenvalue weighted by atomic mass is 10.2. The molecule has 8 nitrogen and oxygen atoms in total. The number of rotatable bonds is 6. The zero-order chi connectivity index (χ0) is 17.7. The molecule has 2 aromatic carbocycles. The minimum Gasteiger partial charge on any atom is -0.474 e. The summed E-state index contributed by atoms with van der Waals surface area (Å²) in [6, 6.07) is 11.9. The third kappa shape index (κ3) is 4.07. The first-order valence-corrected chi connectivity index (χ1v) is 6.99. The number of nitrogens with two attached hydrogens (primary N) is 1. The van der Waals surface area contributed by atoms with Crippen LogP contribution in [0.3, 0.4) is 0 Å². The van der Waals surface area contributed by atoms with Gasteiger partial charge in [-0.25, -0.2) is 0 Å². The summed E-state index contributed by atoms with van der Waals surface area (Å²) in [7, 11) is 0. The lowest BCUT2D eigenvalue weighted by Gasteiger charge is -2.15. The number of anilines is 1. The van der Waals surface area contributed by atoms with E-state index >= 15 is 0 Å². The number of nitrogens with zero attached hydrogens (tertiary/aromatic N) is 1. The molecule has 2 aromatic rings. The van der Waals surface area contributed by atoms with Crippen molar-refractivity contribution in [2.24, 2.45) is 5.73 Å². The first-order chi connectivity index (χ1) is 11.4. The maximum absolute atomic E-state index is 12.2. The number of nitrogens with one attached hydrogen (secondary N) is 1. The van der Waals surface area contributed by atoms with Gasteiger partial charge in [0.05, 0.1) is 4.92 Å². The maximum Gasteiger partial charge on any atom is 0.310 e. The zero-order valence-electron chi connectivity index (χ0n) is 12.8. The maximum atomic E-state index is 12.2. The molecule has 24 heavy (non-hydrogen) atoms. The summed E-state index contributed by atoms with van der Waals surface area (Å²) < 4.78 is 5.37. The van der Waals surface area contributed by atoms with Gasteiger partial charge in [0.15, 0.2) is 11.9 Å². The molecule has 0 aliphatic rings. The Labute approximate surface area is 137 Å². The second kappa shape index (κ2) is 7.23. The molecule has 3 N–H and O–H groups in total. The molecule has 0 fully saturated rings. The second-order valence-electron chi connectivity index (χ2n) is 4.92. The van der Waals surface area contributed by atoms with E-state index in [0.29, 0.717) is 5.69 Å². The van der Waals surface area contributed by atoms with Gasteiger partial charge in [-0.1, -0.05) is 18.2 Å². The van der Waals surface area contributed by atoms with Crippen molar-refractivity contribution >= 4 is 23.2 Å². The Hall–Kier alpha value is -3.42. The summed E-state index contributed by atoms with van der Waals surface area (Å²) in [6.45, 7) is 1.46. The van der Waals surface area contributed by atoms with Crippen LogP contribution in [0.4, 0.5) is 11.4 Å². The number of ether oxygens (including phenoxy) is 1. The van der Waals surface area contributed by atoms with Gasteiger partial charge >= 0.3 is 5.69 Å². The van der Waals surface area contributed by atoms with Crippen molar-refractivity contribution in [3.8, 4) is 5.75 Å². The molecule has 0 saturated heterocycles. The fraction of sp³-hybridized carbons (Fsp3) is 0.125. The monoisotopic (exact) mass is 329 g/mol. The standard InChI is InChI=1S/C16H15N3O5/c1-10(24-14-8-3-2-7-13(14)19(22)23)16(21)18-12-6-4-5-11(9-12)15(17)20/h2-10H,1H3,(H2,17,20)(H,18,21). The largest absolute Gasteiger partial charge is 0.474 e. The SMILES string of the molecule is CC(Oc1ccccc1[N+](=O)[O-])C(=O)Nc1cccc(C(N)=O)c1. The molecule has 1 unspecified atom stereocenters. The number of carbonyl (C=O) groups is 2. The van der Waals surface area contributed by atoms with Crippen LogP contribution in [0.1, 0.15) is 17.3 Å². The molecule has 124 valence electrons. The third-order valence-electron chi connectivity index (χ3n) is 3.15. The fourth-order valence-corrected chi connectivity index (χ4v) is 1.95. The highest BCUT2D eigenvalue weighted by Crippen LogP contribution is 2.27. The number of carbonyl (C=O) groups excluding carboxylic acids is 2. The minimum absolute atomic E-state index is 0.00367. The quantitative estimate of drug-likeness (QED) is 0.620. The predicted molar refractivity (Wildman–Crippen MR) is 86.8 cm³/mol. The van der Waals surface area contributed by atoms with Crippen LogP contribution in [0.25, 0.3) is 0 Å². The van der Waals surface area contributed by atoms with Gasteiger partial charge in [0.1, 0.15) is 0 Å². The molecule has 8 heteroatoms. The molecule has 0 aliphatic heterocycles. The summed E-state index contributed by atoms with van der Waals surface area (Å²) in [6.07, 6.45) is -0.983. The Bertz CT molecular complexity index is 791. The molecule has 0 heterocycles. The van der Waals surface area contributed by atoms with E-state index in [1.807, 2.05) is 0 Å². The first-order valence-electron chi connectivity index (χ1n) is 6.99. The third-order valence-corrected chi connectivity index (χ3v) is 3.15. The van der Waals surface area contributed by atoms with Gasteiger partial charge < -0.3 is 15.8 Å². The van der Waals surface area contributed by atoms with Crippen LogP contribution in [-0.2, 0) is 4.79 Å². The number of hydrogen-bond donors (Lipinski definition) is 2. The van der Waals surface area contributed by atoms with Gasteiger partial charge in [0, 0.05) is 17.3 Å². The van der Waals surface area contributed by atoms with Gasteiger partial charge in [-0.2, -0.15) is 0 Å². The molecule has 0 bridgehead atoms. The van der Waals surface area contributed by atoms with Crippen molar-refractivity contribution < 1.29 is 19.2 Å². The van der Waals surface area contributed by atoms with Crippen LogP contribution < -0.4 is 15.8 Å². The van der Waals surface area contributed by atoms with Gasteiger partial charge in [-0.3, -0.25) is 19.7 Å². The zero-order valence-corrected chi connectivity index (χ0v) is 12.8. The first kappa shape index (κ1) is 16.9. The summed E-state index contributed by atoms with van der Waals surface area (Å²) in [5, 5.41) is 13.5. The molecule has 2 amide bonds. The van der Waals surface area contributed by atoms with Crippen molar-refractivity contribution in [3.05, 3.63) is 64.2 Å². The van der Waals surface area contributed by atoms with Gasteiger partial charge in [0.25, 0.3) is 5.91 Å². The average molecular weight is 329 g/mol. The summed E-state index contributed by atoms with van der Waals surface area (Å²) in [5.74, 6) is -1.14. The van der Waals surface area contributed by atoms with E-state index < -0.39 is 22.8 Å². The molecule has 0 aliphatic carbocycles. The average Bonchev–Trinajstić information content (AvgIpc) is 2.55. The second-order valence-corrected chi connectivity index (χ2v) is 4.92. The van der Waals surface area contributed by atoms with Crippen molar-refractivity contribution in [3.63, 3.8) is 0 Å². The molecule has 2 rings (SSSR count). The van der Waals surface area contributed by atoms with E-state index in [2.05, 4.69) is 5.32 Å². The predicted octanol–water partition coefficient (Wildman–Crippen LogP) is 2.10. The van der Waals surface area contributed by atoms with Crippen LogP contribution in [-0.4, -0.2) is 22.8 Å². The van der Waals surface area contributed by atoms with Crippen molar-refractivity contribution in [1.82, 2.24) is 0 Å². The molecule has 0 saturated carbocycles. The molecule has 0 radical (unpaired) electrons. The highest BCUT2D eigenvalue weighted by Gasteiger charge is 2.20. The topological polar surface area (TPSA) is 125 Å².